The molecule has 229 valence electrons. The van der Waals surface area contributed by atoms with Gasteiger partial charge >= 0.3 is 33.2 Å². The van der Waals surface area contributed by atoms with E-state index in [0.717, 1.165) is 4.90 Å². The Kier molecular flexibility index (Phi) is 16.6. The second kappa shape index (κ2) is 17.0. The van der Waals surface area contributed by atoms with Crippen LogP contribution in [0.15, 0.2) is 0 Å². The van der Waals surface area contributed by atoms with Crippen molar-refractivity contribution >= 4 is 39.1 Å². The average molecular weight is 754 g/mol. The number of aliphatic carboxylic acids is 2. The van der Waals surface area contributed by atoms with Crippen molar-refractivity contribution in [3.8, 4) is 0 Å². The molecule has 0 spiro atoms. The molecule has 38 heavy (non-hydrogen) atoms. The molecule has 0 bridgehead atoms. The van der Waals surface area contributed by atoms with Crippen molar-refractivity contribution < 1.29 is 100 Å². The molecule has 8 N–H and O–H groups in total. The van der Waals surface area contributed by atoms with E-state index in [1.54, 1.807) is 10.2 Å². The summed E-state index contributed by atoms with van der Waals surface area (Å²) >= 11 is 0. The predicted molar refractivity (Wildman–Crippen MR) is 125 cm³/mol. The first-order valence-corrected chi connectivity index (χ1v) is 14.3. The Hall–Kier alpha value is -0.906. The van der Waals surface area contributed by atoms with Crippen LogP contribution in [-0.2, 0) is 23.5 Å². The molecule has 1 aliphatic rings. The maximum Gasteiger partial charge on any atom is 0.407 e. The van der Waals surface area contributed by atoms with Crippen molar-refractivity contribution in [3.63, 3.8) is 0 Å². The van der Waals surface area contributed by atoms with E-state index in [1.165, 1.54) is 9.80 Å². The van der Waals surface area contributed by atoms with Gasteiger partial charge in [-0.15, -0.1) is 0 Å². The fourth-order valence-corrected chi connectivity index (χ4v) is 5.76. The van der Waals surface area contributed by atoms with Gasteiger partial charge in [0.25, 0.3) is 0 Å². The number of carbonyl (C=O) groups is 4. The van der Waals surface area contributed by atoms with Crippen LogP contribution in [0.5, 0.6) is 0 Å². The van der Waals surface area contributed by atoms with Crippen LogP contribution in [-0.4, -0.2) is 156 Å². The van der Waals surface area contributed by atoms with Crippen LogP contribution < -0.4 is 5.32 Å². The van der Waals surface area contributed by atoms with E-state index in [1.807, 2.05) is 0 Å². The van der Waals surface area contributed by atoms with Crippen molar-refractivity contribution in [3.05, 3.63) is 0 Å². The third kappa shape index (κ3) is 15.0. The quantitative estimate of drug-likeness (QED) is 0.111. The second-order valence-electron chi connectivity index (χ2n) is 8.36. The van der Waals surface area contributed by atoms with Gasteiger partial charge in [0.1, 0.15) is 0 Å². The maximum absolute atomic E-state index is 12.4. The fraction of sp³-hybridized carbons (Fsp3) is 0.765. The number of rotatable bonds is 9. The first-order valence-electron chi connectivity index (χ1n) is 11.0. The van der Waals surface area contributed by atoms with Crippen LogP contribution in [0.3, 0.4) is 0 Å². The normalized spacial score (nSPS) is 18.0. The van der Waals surface area contributed by atoms with E-state index in [4.69, 9.17) is 5.11 Å². The van der Waals surface area contributed by atoms with Gasteiger partial charge in [-0.25, -0.2) is 4.79 Å². The summed E-state index contributed by atoms with van der Waals surface area (Å²) < 4.78 is 22.9. The third-order valence-electron chi connectivity index (χ3n) is 5.34. The van der Waals surface area contributed by atoms with E-state index < -0.39 is 57.7 Å². The largest absolute Gasteiger partial charge is 0.480 e. The first-order chi connectivity index (χ1) is 17.0. The van der Waals surface area contributed by atoms with Gasteiger partial charge in [-0.3, -0.25) is 38.2 Å². The molecule has 1 aliphatic heterocycles. The van der Waals surface area contributed by atoms with Gasteiger partial charge in [-0.05, 0) is 6.42 Å². The van der Waals surface area contributed by atoms with E-state index in [2.05, 4.69) is 0 Å². The molecule has 0 saturated carbocycles. The van der Waals surface area contributed by atoms with E-state index in [-0.39, 0.29) is 102 Å². The molecular formula is C17H33LuN5O13P2. The topological polar surface area (TPSA) is 269 Å². The molecule has 1 radical (unpaired) electrons. The van der Waals surface area contributed by atoms with Crippen LogP contribution in [0.2, 0.25) is 0 Å². The van der Waals surface area contributed by atoms with Crippen LogP contribution in [0.25, 0.3) is 0 Å². The summed E-state index contributed by atoms with van der Waals surface area (Å²) in [7, 11) is -10.9. The number of nitrogens with one attached hydrogen (secondary N) is 1. The Morgan fingerprint density at radius 2 is 1.05 bits per heavy atom. The van der Waals surface area contributed by atoms with Gasteiger partial charge in [-0.1, -0.05) is 0 Å². The van der Waals surface area contributed by atoms with Crippen molar-refractivity contribution in [2.24, 2.45) is 0 Å². The molecule has 0 aromatic heterocycles. The minimum atomic E-state index is -5.43. The molecule has 1 fully saturated rings. The SMILES string of the molecule is O=C(O)CN1CCCN(C(=O)O)CCN(CC(=O)NC(P(=O)(O)O)P(=O)(O)O)CCN(CC(=O)O)CC1.[177Lu]. The monoisotopic (exact) mass is 754 g/mol. The number of amides is 2. The number of carboxylic acid groups (broad SMARTS) is 3. The van der Waals surface area contributed by atoms with Gasteiger partial charge in [-0.2, -0.15) is 0 Å². The van der Waals surface area contributed by atoms with Crippen molar-refractivity contribution in [2.45, 2.75) is 11.9 Å². The molecule has 0 aromatic rings. The third-order valence-corrected chi connectivity index (χ3v) is 8.67. The van der Waals surface area contributed by atoms with Crippen molar-refractivity contribution in [1.29, 1.82) is 0 Å². The van der Waals surface area contributed by atoms with Gasteiger partial charge < -0.3 is 45.1 Å². The zero-order chi connectivity index (χ0) is 28.4. The summed E-state index contributed by atoms with van der Waals surface area (Å²) in [6, 6.07) is 0. The second-order valence-corrected chi connectivity index (χ2v) is 12.2. The Bertz CT molecular complexity index is 895. The zero-order valence-corrected chi connectivity index (χ0v) is 23.5. The number of carbonyl (C=O) groups excluding carboxylic acids is 1. The number of carboxylic acids is 2. The molecule has 0 atom stereocenters. The first kappa shape index (κ1) is 37.1. The molecule has 0 unspecified atom stereocenters. The molecule has 0 aromatic carbocycles. The molecule has 21 heteroatoms. The summed E-state index contributed by atoms with van der Waals surface area (Å²) in [5.74, 6) is -3.42. The van der Waals surface area contributed by atoms with Crippen LogP contribution in [0.1, 0.15) is 6.42 Å². The predicted octanol–water partition coefficient (Wildman–Crippen LogP) is -2.80. The van der Waals surface area contributed by atoms with Gasteiger partial charge in [0.2, 0.25) is 11.4 Å². The van der Waals surface area contributed by atoms with Crippen LogP contribution in [0, 0.1) is 36.9 Å². The standard InChI is InChI=1S/C17H33N5O13P2.Lu/c23-13(18-16(36(30,31)32)37(33,34)35)10-20-5-7-21(12-15(26)27)6-4-19(11-14(24)25)2-1-3-22(9-8-20)17(28)29;/h16H,1-12H2,(H,18,23)(H,24,25)(H,26,27)(H,28,29)(H2,30,31,32)(H2,33,34,35);/i;1+2. The zero-order valence-electron chi connectivity index (χ0n) is 20.1. The summed E-state index contributed by atoms with van der Waals surface area (Å²) in [5.41, 5.74) is -2.76. The minimum absolute atomic E-state index is 0. The Morgan fingerprint density at radius 1 is 0.658 bits per heavy atom. The maximum atomic E-state index is 12.4. The van der Waals surface area contributed by atoms with Gasteiger partial charge in [0, 0.05) is 89.2 Å². The van der Waals surface area contributed by atoms with Crippen LogP contribution >= 0.6 is 15.2 Å². The van der Waals surface area contributed by atoms with Crippen molar-refractivity contribution in [1.82, 2.24) is 24.9 Å². The van der Waals surface area contributed by atoms with E-state index in [0.29, 0.717) is 0 Å². The Morgan fingerprint density at radius 3 is 1.45 bits per heavy atom. The minimum Gasteiger partial charge on any atom is -0.480 e. The Balaban J connectivity index is 0.0000137. The number of nitrogens with zero attached hydrogens (tertiary/aromatic N) is 4. The molecule has 1 saturated heterocycles. The van der Waals surface area contributed by atoms with Gasteiger partial charge in [0.15, 0.2) is 0 Å². The van der Waals surface area contributed by atoms with Crippen LogP contribution in [0.4, 0.5) is 4.79 Å². The molecule has 1 heterocycles. The van der Waals surface area contributed by atoms with Gasteiger partial charge in [0.05, 0.1) is 19.6 Å². The Labute approximate surface area is 247 Å². The average Bonchev–Trinajstić information content (AvgIpc) is 2.73. The smallest absolute Gasteiger partial charge is 0.407 e. The summed E-state index contributed by atoms with van der Waals surface area (Å²) in [6.45, 7) is -0.996. The molecule has 2 amide bonds. The number of hydrogen-bond donors (Lipinski definition) is 8. The van der Waals surface area contributed by atoms with E-state index in [9.17, 15) is 58.1 Å². The molecule has 0 aliphatic carbocycles. The van der Waals surface area contributed by atoms with E-state index >= 15 is 0 Å². The molecular weight excluding hydrogens is 721 g/mol. The molecule has 18 nitrogen and oxygen atoms in total. The number of hydrogen-bond acceptors (Lipinski definition) is 9. The summed E-state index contributed by atoms with van der Waals surface area (Å²) in [6.07, 6.45) is -1.01. The fourth-order valence-electron chi connectivity index (χ4n) is 3.57. The van der Waals surface area contributed by atoms with Crippen molar-refractivity contribution in [2.75, 3.05) is 72.0 Å². The summed E-state index contributed by atoms with van der Waals surface area (Å²) in [4.78, 5) is 88.8. The molecule has 1 rings (SSSR count). The summed E-state index contributed by atoms with van der Waals surface area (Å²) in [5, 5.41) is 29.5.